The van der Waals surface area contributed by atoms with Crippen LogP contribution in [0.1, 0.15) is 17.4 Å². The molecule has 0 fully saturated rings. The van der Waals surface area contributed by atoms with Crippen molar-refractivity contribution in [3.8, 4) is 17.2 Å². The number of benzene rings is 3. The van der Waals surface area contributed by atoms with Crippen molar-refractivity contribution in [2.45, 2.75) is 12.8 Å². The molecule has 4 rings (SSSR count). The maximum atomic E-state index is 10.6. The molecule has 0 aromatic heterocycles. The van der Waals surface area contributed by atoms with Crippen LogP contribution < -0.4 is 5.73 Å². The van der Waals surface area contributed by atoms with E-state index in [0.29, 0.717) is 29.4 Å². The molecule has 0 bridgehead atoms. The number of hydrogen-bond acceptors (Lipinski definition) is 4. The lowest BCUT2D eigenvalue weighted by molar-refractivity contribution is 0.0213. The first kappa shape index (κ1) is 17.6. The fourth-order valence-electron chi connectivity index (χ4n) is 3.61. The molecule has 0 saturated heterocycles. The molecule has 1 aliphatic heterocycles. The molecule has 3 aromatic rings. The van der Waals surface area contributed by atoms with E-state index >= 15 is 0 Å². The smallest absolute Gasteiger partial charge is 0.134 e. The quantitative estimate of drug-likeness (QED) is 0.517. The average Bonchev–Trinajstić information content (AvgIpc) is 2.99. The van der Waals surface area contributed by atoms with E-state index in [-0.39, 0.29) is 0 Å². The summed E-state index contributed by atoms with van der Waals surface area (Å²) in [5.74, 6) is 0. The fourth-order valence-corrected chi connectivity index (χ4v) is 3.79. The summed E-state index contributed by atoms with van der Waals surface area (Å²) < 4.78 is 0. The largest absolute Gasteiger partial charge is 0.398 e. The van der Waals surface area contributed by atoms with Crippen molar-refractivity contribution in [2.75, 3.05) is 12.3 Å². The Morgan fingerprint density at radius 1 is 1.22 bits per heavy atom. The van der Waals surface area contributed by atoms with Gasteiger partial charge in [-0.05, 0) is 45.7 Å². The number of hydrogen-bond donors (Lipinski definition) is 2. The minimum atomic E-state index is -0.732. The van der Waals surface area contributed by atoms with Gasteiger partial charge in [0.2, 0.25) is 0 Å². The molecule has 0 saturated carbocycles. The molecule has 1 aliphatic rings. The minimum absolute atomic E-state index is 0.348. The van der Waals surface area contributed by atoms with Crippen molar-refractivity contribution in [1.82, 2.24) is 4.90 Å². The molecule has 1 unspecified atom stereocenters. The van der Waals surface area contributed by atoms with Gasteiger partial charge in [-0.3, -0.25) is 4.90 Å². The van der Waals surface area contributed by atoms with Crippen molar-refractivity contribution in [2.24, 2.45) is 0 Å². The summed E-state index contributed by atoms with van der Waals surface area (Å²) >= 11 is 6.18. The highest BCUT2D eigenvalue weighted by Crippen LogP contribution is 2.38. The summed E-state index contributed by atoms with van der Waals surface area (Å²) in [5, 5.41) is 22.4. The van der Waals surface area contributed by atoms with Crippen LogP contribution in [-0.2, 0) is 6.54 Å². The summed E-state index contributed by atoms with van der Waals surface area (Å²) in [6.07, 6.45) is -0.732. The first-order valence-electron chi connectivity index (χ1n) is 8.59. The van der Waals surface area contributed by atoms with Crippen molar-refractivity contribution in [1.29, 1.82) is 5.26 Å². The first-order valence-corrected chi connectivity index (χ1v) is 8.96. The highest BCUT2D eigenvalue weighted by atomic mass is 35.5. The van der Waals surface area contributed by atoms with E-state index in [2.05, 4.69) is 24.8 Å². The molecule has 0 aliphatic carbocycles. The third-order valence-corrected chi connectivity index (χ3v) is 5.37. The Morgan fingerprint density at radius 2 is 1.93 bits per heavy atom. The number of rotatable bonds is 3. The van der Waals surface area contributed by atoms with E-state index in [9.17, 15) is 5.11 Å². The van der Waals surface area contributed by atoms with Gasteiger partial charge >= 0.3 is 0 Å². The van der Waals surface area contributed by atoms with Gasteiger partial charge in [-0.2, -0.15) is 5.26 Å². The van der Waals surface area contributed by atoms with E-state index in [0.717, 1.165) is 33.0 Å². The highest BCUT2D eigenvalue weighted by Gasteiger charge is 2.30. The van der Waals surface area contributed by atoms with Gasteiger partial charge in [-0.1, -0.05) is 48.5 Å². The average molecular weight is 376 g/mol. The molecule has 1 heterocycles. The molecule has 27 heavy (non-hydrogen) atoms. The fraction of sp³-hybridized carbons (Fsp3) is 0.136. The zero-order valence-electron chi connectivity index (χ0n) is 14.6. The van der Waals surface area contributed by atoms with E-state index in [1.807, 2.05) is 35.2 Å². The van der Waals surface area contributed by atoms with Crippen LogP contribution in [-0.4, -0.2) is 16.6 Å². The molecule has 3 N–H and O–H groups in total. The van der Waals surface area contributed by atoms with Gasteiger partial charge in [-0.25, -0.2) is 0 Å². The molecular formula is C22H18ClN3O. The summed E-state index contributed by atoms with van der Waals surface area (Å²) in [6.45, 7) is 4.65. The van der Waals surface area contributed by atoms with Gasteiger partial charge in [0.25, 0.3) is 0 Å². The predicted molar refractivity (Wildman–Crippen MR) is 109 cm³/mol. The van der Waals surface area contributed by atoms with E-state index in [1.54, 1.807) is 6.07 Å². The van der Waals surface area contributed by atoms with Crippen LogP contribution in [0.2, 0.25) is 5.02 Å². The number of aliphatic hydroxyl groups is 1. The van der Waals surface area contributed by atoms with Gasteiger partial charge in [0.1, 0.15) is 6.23 Å². The number of anilines is 1. The summed E-state index contributed by atoms with van der Waals surface area (Å²) in [5.41, 5.74) is 10.8. The number of fused-ring (bicyclic) bond motifs is 3. The lowest BCUT2D eigenvalue weighted by Crippen LogP contribution is -2.23. The van der Waals surface area contributed by atoms with Crippen molar-refractivity contribution in [3.63, 3.8) is 0 Å². The van der Waals surface area contributed by atoms with Crippen LogP contribution in [0.3, 0.4) is 0 Å². The topological polar surface area (TPSA) is 73.3 Å². The molecular weight excluding hydrogens is 358 g/mol. The third kappa shape index (κ3) is 3.07. The van der Waals surface area contributed by atoms with Crippen molar-refractivity contribution < 1.29 is 5.11 Å². The molecule has 0 amide bonds. The van der Waals surface area contributed by atoms with Crippen LogP contribution >= 0.6 is 11.6 Å². The van der Waals surface area contributed by atoms with Gasteiger partial charge in [-0.15, -0.1) is 0 Å². The molecule has 1 atom stereocenters. The molecule has 0 radical (unpaired) electrons. The number of aliphatic hydroxyl groups excluding tert-OH is 1. The lowest BCUT2D eigenvalue weighted by atomic mass is 9.96. The van der Waals surface area contributed by atoms with Crippen molar-refractivity contribution >= 4 is 28.1 Å². The van der Waals surface area contributed by atoms with E-state index < -0.39 is 6.23 Å². The Kier molecular flexibility index (Phi) is 4.37. The summed E-state index contributed by atoms with van der Waals surface area (Å²) in [7, 11) is 0. The third-order valence-electron chi connectivity index (χ3n) is 5.04. The second-order valence-corrected chi connectivity index (χ2v) is 7.21. The summed E-state index contributed by atoms with van der Waals surface area (Å²) in [4.78, 5) is 1.85. The molecule has 4 nitrogen and oxygen atoms in total. The number of nitrogens with two attached hydrogens (primary N) is 1. The number of nitriles is 1. The number of nitrogen functional groups attached to an aromatic ring is 1. The van der Waals surface area contributed by atoms with Gasteiger partial charge in [0.15, 0.2) is 0 Å². The zero-order valence-corrected chi connectivity index (χ0v) is 15.4. The second-order valence-electron chi connectivity index (χ2n) is 6.80. The SMILES string of the molecule is C=C(C#N)CN1Cc2c(ccc3ccc(-c4ccc(N)c(Cl)c4)cc23)C1O. The normalized spacial score (nSPS) is 16.3. The zero-order chi connectivity index (χ0) is 19.1. The molecule has 134 valence electrons. The Morgan fingerprint density at radius 3 is 2.67 bits per heavy atom. The monoisotopic (exact) mass is 375 g/mol. The molecule has 5 heteroatoms. The van der Waals surface area contributed by atoms with Crippen molar-refractivity contribution in [3.05, 3.63) is 76.8 Å². The maximum absolute atomic E-state index is 10.6. The summed E-state index contributed by atoms with van der Waals surface area (Å²) in [6, 6.07) is 17.9. The van der Waals surface area contributed by atoms with E-state index in [4.69, 9.17) is 22.6 Å². The van der Waals surface area contributed by atoms with Gasteiger partial charge < -0.3 is 10.8 Å². The molecule has 0 spiro atoms. The Labute approximate surface area is 162 Å². The Hall–Kier alpha value is -2.84. The van der Waals surface area contributed by atoms with Crippen LogP contribution in [0, 0.1) is 11.3 Å². The minimum Gasteiger partial charge on any atom is -0.398 e. The second kappa shape index (κ2) is 6.71. The number of halogens is 1. The van der Waals surface area contributed by atoms with Crippen LogP contribution in [0.4, 0.5) is 5.69 Å². The van der Waals surface area contributed by atoms with E-state index in [1.165, 1.54) is 0 Å². The van der Waals surface area contributed by atoms with Crippen LogP contribution in [0.15, 0.2) is 60.7 Å². The maximum Gasteiger partial charge on any atom is 0.134 e. The number of nitrogens with zero attached hydrogens (tertiary/aromatic N) is 2. The Balaban J connectivity index is 1.79. The van der Waals surface area contributed by atoms with Crippen LogP contribution in [0.5, 0.6) is 0 Å². The van der Waals surface area contributed by atoms with Gasteiger partial charge in [0, 0.05) is 24.2 Å². The Bertz CT molecular complexity index is 1120. The standard InChI is InChI=1S/C22H18ClN3O/c1-13(10-24)11-26-12-19-17(22(26)27)6-4-14-2-3-15(8-18(14)19)16-5-7-21(25)20(23)9-16/h2-9,22,27H,1,11-12,25H2. The predicted octanol–water partition coefficient (Wildman–Crippen LogP) is 4.63. The molecule has 3 aromatic carbocycles. The first-order chi connectivity index (χ1) is 13.0. The van der Waals surface area contributed by atoms with Gasteiger partial charge in [0.05, 0.1) is 16.8 Å². The highest BCUT2D eigenvalue weighted by molar-refractivity contribution is 6.33. The van der Waals surface area contributed by atoms with Crippen LogP contribution in [0.25, 0.3) is 21.9 Å². The lowest BCUT2D eigenvalue weighted by Gasteiger charge is -2.19.